The van der Waals surface area contributed by atoms with Crippen LogP contribution in [0.15, 0.2) is 60.7 Å². The Kier molecular flexibility index (Phi) is 11.8. The van der Waals surface area contributed by atoms with Gasteiger partial charge in [0.1, 0.15) is 0 Å². The zero-order valence-corrected chi connectivity index (χ0v) is 15.5. The van der Waals surface area contributed by atoms with Gasteiger partial charge in [-0.05, 0) is 45.0 Å². The Morgan fingerprint density at radius 1 is 0.680 bits per heavy atom. The lowest BCUT2D eigenvalue weighted by molar-refractivity contribution is 0.140. The molecule has 140 valence electrons. The fourth-order valence-corrected chi connectivity index (χ4v) is 2.39. The van der Waals surface area contributed by atoms with Crippen LogP contribution in [0, 0.1) is 0 Å². The molecular weight excluding hydrogens is 308 g/mol. The zero-order valence-electron chi connectivity index (χ0n) is 15.5. The summed E-state index contributed by atoms with van der Waals surface area (Å²) >= 11 is 0. The van der Waals surface area contributed by atoms with E-state index in [1.54, 1.807) is 0 Å². The first kappa shape index (κ1) is 23.3. The van der Waals surface area contributed by atoms with Crippen molar-refractivity contribution < 1.29 is 5.11 Å². The van der Waals surface area contributed by atoms with Crippen molar-refractivity contribution in [3.63, 3.8) is 0 Å². The summed E-state index contributed by atoms with van der Waals surface area (Å²) in [6.45, 7) is 6.41. The normalized spacial score (nSPS) is 15.0. The van der Waals surface area contributed by atoms with E-state index in [4.69, 9.17) is 0 Å². The van der Waals surface area contributed by atoms with Gasteiger partial charge in [0.05, 0.1) is 6.10 Å². The summed E-state index contributed by atoms with van der Waals surface area (Å²) in [5.74, 6) is 0.580. The number of nitrogens with one attached hydrogen (secondary N) is 2. The van der Waals surface area contributed by atoms with E-state index in [0.717, 1.165) is 5.56 Å². The molecule has 0 bridgehead atoms. The van der Waals surface area contributed by atoms with E-state index in [1.807, 2.05) is 51.4 Å². The number of aliphatic hydroxyl groups excluding tert-OH is 1. The van der Waals surface area contributed by atoms with Gasteiger partial charge in [-0.2, -0.15) is 0 Å². The van der Waals surface area contributed by atoms with Gasteiger partial charge in [-0.3, -0.25) is 0 Å². The van der Waals surface area contributed by atoms with Gasteiger partial charge in [0.15, 0.2) is 0 Å². The van der Waals surface area contributed by atoms with E-state index in [-0.39, 0.29) is 13.5 Å². The van der Waals surface area contributed by atoms with Crippen molar-refractivity contribution in [2.45, 2.75) is 52.3 Å². The van der Waals surface area contributed by atoms with Gasteiger partial charge >= 0.3 is 0 Å². The van der Waals surface area contributed by atoms with Crippen LogP contribution in [0.2, 0.25) is 0 Å². The molecule has 0 aliphatic carbocycles. The molecule has 0 amide bonds. The molecule has 2 aromatic rings. The molecule has 0 fully saturated rings. The first-order valence-corrected chi connectivity index (χ1v) is 8.63. The number of benzene rings is 2. The molecular formula is C22H36N2O. The molecule has 0 aliphatic rings. The van der Waals surface area contributed by atoms with E-state index in [9.17, 15) is 5.11 Å². The molecule has 0 radical (unpaired) electrons. The number of likely N-dealkylation sites (N-methyl/N-ethyl adjacent to an activating group) is 2. The van der Waals surface area contributed by atoms with Crippen molar-refractivity contribution >= 4 is 0 Å². The van der Waals surface area contributed by atoms with Gasteiger partial charge in [0.25, 0.3) is 0 Å². The van der Waals surface area contributed by atoms with E-state index in [0.29, 0.717) is 12.0 Å². The molecule has 3 nitrogen and oxygen atoms in total. The third kappa shape index (κ3) is 7.82. The van der Waals surface area contributed by atoms with Gasteiger partial charge < -0.3 is 15.7 Å². The fraction of sp³-hybridized carbons (Fsp3) is 0.455. The molecule has 2 rings (SSSR count). The van der Waals surface area contributed by atoms with Crippen molar-refractivity contribution in [2.24, 2.45) is 0 Å². The van der Waals surface area contributed by atoms with Gasteiger partial charge in [-0.15, -0.1) is 0 Å². The second-order valence-electron chi connectivity index (χ2n) is 6.21. The van der Waals surface area contributed by atoms with Crippen molar-refractivity contribution in [1.82, 2.24) is 10.6 Å². The van der Waals surface area contributed by atoms with Gasteiger partial charge in [0.2, 0.25) is 0 Å². The fourth-order valence-electron chi connectivity index (χ4n) is 2.39. The second kappa shape index (κ2) is 12.6. The number of hydrogen-bond acceptors (Lipinski definition) is 3. The molecule has 3 N–H and O–H groups in total. The summed E-state index contributed by atoms with van der Waals surface area (Å²) in [5.41, 5.74) is 2.36. The monoisotopic (exact) mass is 344 g/mol. The van der Waals surface area contributed by atoms with Crippen LogP contribution in [0.5, 0.6) is 0 Å². The summed E-state index contributed by atoms with van der Waals surface area (Å²) in [5, 5.41) is 16.0. The van der Waals surface area contributed by atoms with E-state index >= 15 is 0 Å². The largest absolute Gasteiger partial charge is 0.387 e. The summed E-state index contributed by atoms with van der Waals surface area (Å²) in [4.78, 5) is 0. The summed E-state index contributed by atoms with van der Waals surface area (Å²) in [7, 11) is 3.85. The molecule has 2 aromatic carbocycles. The average molecular weight is 345 g/mol. The standard InChI is InChI=1S/C11H17N.C10H15NO.CH4/c1-9(10(2)12-3)11-7-5-4-6-8-11;1-8(11-2)10(12)9-6-4-3-5-7-9;/h4-10,12H,1-3H3;3-8,10-12H,1-2H3;1H4/t9?,10-;8-,10?;/m10./s1. The minimum atomic E-state index is -0.420. The predicted molar refractivity (Wildman–Crippen MR) is 110 cm³/mol. The van der Waals surface area contributed by atoms with Gasteiger partial charge in [0, 0.05) is 12.1 Å². The number of rotatable bonds is 6. The molecule has 0 aromatic heterocycles. The maximum Gasteiger partial charge on any atom is 0.0940 e. The second-order valence-corrected chi connectivity index (χ2v) is 6.21. The molecule has 0 saturated carbocycles. The minimum Gasteiger partial charge on any atom is -0.387 e. The van der Waals surface area contributed by atoms with Gasteiger partial charge in [-0.1, -0.05) is 75.0 Å². The van der Waals surface area contributed by atoms with Crippen LogP contribution in [-0.4, -0.2) is 31.3 Å². The van der Waals surface area contributed by atoms with E-state index < -0.39 is 6.10 Å². The SMILES string of the molecule is C.CN[C@@H](C)C(O)c1ccccc1.CN[C@H](C)C(C)c1ccccc1. The highest BCUT2D eigenvalue weighted by Crippen LogP contribution is 2.17. The molecule has 25 heavy (non-hydrogen) atoms. The zero-order chi connectivity index (χ0) is 17.9. The van der Waals surface area contributed by atoms with Crippen LogP contribution in [0.3, 0.4) is 0 Å². The topological polar surface area (TPSA) is 44.3 Å². The molecule has 3 heteroatoms. The molecule has 4 atom stereocenters. The van der Waals surface area contributed by atoms with Crippen LogP contribution in [-0.2, 0) is 0 Å². The average Bonchev–Trinajstić information content (AvgIpc) is 2.67. The Balaban J connectivity index is 0.000000443. The lowest BCUT2D eigenvalue weighted by atomic mass is 9.95. The van der Waals surface area contributed by atoms with Crippen molar-refractivity contribution in [2.75, 3.05) is 14.1 Å². The lowest BCUT2D eigenvalue weighted by Crippen LogP contribution is -2.28. The summed E-state index contributed by atoms with van der Waals surface area (Å²) in [6, 6.07) is 20.9. The van der Waals surface area contributed by atoms with Gasteiger partial charge in [-0.25, -0.2) is 0 Å². The molecule has 0 spiro atoms. The third-order valence-corrected chi connectivity index (χ3v) is 4.60. The predicted octanol–water partition coefficient (Wildman–Crippen LogP) is 4.36. The Morgan fingerprint density at radius 3 is 1.48 bits per heavy atom. The Bertz CT molecular complexity index is 493. The summed E-state index contributed by atoms with van der Waals surface area (Å²) in [6.07, 6.45) is -0.420. The Labute approximate surface area is 154 Å². The van der Waals surface area contributed by atoms with Crippen LogP contribution < -0.4 is 10.6 Å². The Morgan fingerprint density at radius 2 is 1.08 bits per heavy atom. The molecule has 0 heterocycles. The quantitative estimate of drug-likeness (QED) is 0.729. The first-order chi connectivity index (χ1) is 11.5. The maximum absolute atomic E-state index is 9.73. The van der Waals surface area contributed by atoms with Crippen molar-refractivity contribution in [3.05, 3.63) is 71.8 Å². The van der Waals surface area contributed by atoms with Crippen LogP contribution in [0.1, 0.15) is 51.3 Å². The van der Waals surface area contributed by atoms with Crippen LogP contribution >= 0.6 is 0 Å². The first-order valence-electron chi connectivity index (χ1n) is 8.63. The minimum absolute atomic E-state index is 0. The van der Waals surface area contributed by atoms with Crippen LogP contribution in [0.4, 0.5) is 0 Å². The van der Waals surface area contributed by atoms with Crippen molar-refractivity contribution in [1.29, 1.82) is 0 Å². The molecule has 0 aliphatic heterocycles. The van der Waals surface area contributed by atoms with E-state index in [1.165, 1.54) is 5.56 Å². The maximum atomic E-state index is 9.73. The number of hydrogen-bond donors (Lipinski definition) is 3. The highest BCUT2D eigenvalue weighted by molar-refractivity contribution is 5.20. The highest BCUT2D eigenvalue weighted by Gasteiger charge is 2.13. The highest BCUT2D eigenvalue weighted by atomic mass is 16.3. The van der Waals surface area contributed by atoms with Crippen molar-refractivity contribution in [3.8, 4) is 0 Å². The van der Waals surface area contributed by atoms with E-state index in [2.05, 4.69) is 54.8 Å². The molecule has 2 unspecified atom stereocenters. The number of aliphatic hydroxyl groups is 1. The Hall–Kier alpha value is -1.68. The smallest absolute Gasteiger partial charge is 0.0940 e. The third-order valence-electron chi connectivity index (χ3n) is 4.60. The molecule has 0 saturated heterocycles. The lowest BCUT2D eigenvalue weighted by Gasteiger charge is -2.19. The summed E-state index contributed by atoms with van der Waals surface area (Å²) < 4.78 is 0. The van der Waals surface area contributed by atoms with Crippen LogP contribution in [0.25, 0.3) is 0 Å².